The Labute approximate surface area is 75.7 Å². The fourth-order valence-electron chi connectivity index (χ4n) is 1.62. The molecule has 0 spiro atoms. The van der Waals surface area contributed by atoms with E-state index in [0.717, 1.165) is 13.0 Å². The predicted molar refractivity (Wildman–Crippen MR) is 53.7 cm³/mol. The second-order valence-electron chi connectivity index (χ2n) is 3.35. The average molecular weight is 168 g/mol. The Bertz CT molecular complexity index is 152. The smallest absolute Gasteiger partial charge is 0.0986 e. The quantitative estimate of drug-likeness (QED) is 0.629. The molecule has 1 aliphatic heterocycles. The molecule has 70 valence electrons. The summed E-state index contributed by atoms with van der Waals surface area (Å²) in [5, 5.41) is 0. The van der Waals surface area contributed by atoms with Gasteiger partial charge in [-0.15, -0.1) is 0 Å². The van der Waals surface area contributed by atoms with Gasteiger partial charge < -0.3 is 4.90 Å². The highest BCUT2D eigenvalue weighted by molar-refractivity contribution is 5.82. The number of rotatable bonds is 4. The summed E-state index contributed by atoms with van der Waals surface area (Å²) in [4.78, 5) is 6.98. The maximum atomic E-state index is 4.52. The maximum absolute atomic E-state index is 4.52. The van der Waals surface area contributed by atoms with Gasteiger partial charge in [0.1, 0.15) is 0 Å². The second-order valence-corrected chi connectivity index (χ2v) is 3.35. The van der Waals surface area contributed by atoms with Gasteiger partial charge in [0.15, 0.2) is 0 Å². The zero-order chi connectivity index (χ0) is 8.81. The largest absolute Gasteiger partial charge is 0.360 e. The Hall–Kier alpha value is -0.530. The van der Waals surface area contributed by atoms with Gasteiger partial charge in [0, 0.05) is 26.1 Å². The summed E-state index contributed by atoms with van der Waals surface area (Å²) < 4.78 is 0. The van der Waals surface area contributed by atoms with Gasteiger partial charge in [-0.1, -0.05) is 20.3 Å². The average Bonchev–Trinajstić information content (AvgIpc) is 2.15. The zero-order valence-electron chi connectivity index (χ0n) is 8.34. The summed E-state index contributed by atoms with van der Waals surface area (Å²) in [6, 6.07) is 0. The van der Waals surface area contributed by atoms with E-state index in [1.807, 2.05) is 0 Å². The fourth-order valence-corrected chi connectivity index (χ4v) is 1.62. The van der Waals surface area contributed by atoms with Crippen LogP contribution in [0.2, 0.25) is 0 Å². The molecule has 0 aromatic carbocycles. The monoisotopic (exact) mass is 168 g/mol. The summed E-state index contributed by atoms with van der Waals surface area (Å²) in [6.45, 7) is 7.93. The Morgan fingerprint density at radius 3 is 2.92 bits per heavy atom. The van der Waals surface area contributed by atoms with Crippen molar-refractivity contribution in [3.63, 3.8) is 0 Å². The number of hydrogen-bond acceptors (Lipinski definition) is 2. The normalized spacial score (nSPS) is 17.8. The van der Waals surface area contributed by atoms with Crippen LogP contribution < -0.4 is 0 Å². The third-order valence-corrected chi connectivity index (χ3v) is 2.34. The molecule has 1 heterocycles. The van der Waals surface area contributed by atoms with E-state index in [1.54, 1.807) is 0 Å². The molecular formula is C10H20N2. The molecule has 1 rings (SSSR count). The van der Waals surface area contributed by atoms with Crippen molar-refractivity contribution in [1.29, 1.82) is 0 Å². The Morgan fingerprint density at radius 1 is 1.42 bits per heavy atom. The standard InChI is InChI=1S/C10H20N2/c1-3-5-8-12-9-6-7-11-10(12)4-2/h3-9H2,1-2H3. The minimum Gasteiger partial charge on any atom is -0.360 e. The second kappa shape index (κ2) is 5.18. The number of amidine groups is 1. The van der Waals surface area contributed by atoms with Gasteiger partial charge in [-0.2, -0.15) is 0 Å². The molecular weight excluding hydrogens is 148 g/mol. The van der Waals surface area contributed by atoms with Gasteiger partial charge in [-0.25, -0.2) is 0 Å². The van der Waals surface area contributed by atoms with Crippen molar-refractivity contribution >= 4 is 5.84 Å². The van der Waals surface area contributed by atoms with Gasteiger partial charge >= 0.3 is 0 Å². The number of unbranched alkanes of at least 4 members (excludes halogenated alkanes) is 1. The van der Waals surface area contributed by atoms with Gasteiger partial charge in [0.25, 0.3) is 0 Å². The van der Waals surface area contributed by atoms with Crippen molar-refractivity contribution in [3.05, 3.63) is 0 Å². The lowest BCUT2D eigenvalue weighted by molar-refractivity contribution is 0.379. The van der Waals surface area contributed by atoms with Crippen LogP contribution in [0.1, 0.15) is 39.5 Å². The van der Waals surface area contributed by atoms with Gasteiger partial charge in [-0.3, -0.25) is 4.99 Å². The fraction of sp³-hybridized carbons (Fsp3) is 0.900. The van der Waals surface area contributed by atoms with Crippen LogP contribution >= 0.6 is 0 Å². The molecule has 0 amide bonds. The molecule has 0 bridgehead atoms. The third-order valence-electron chi connectivity index (χ3n) is 2.34. The minimum absolute atomic E-state index is 1.05. The molecule has 2 heteroatoms. The molecule has 0 aliphatic carbocycles. The SMILES string of the molecule is CCCCN1CCCN=C1CC. The van der Waals surface area contributed by atoms with Crippen LogP contribution in [0.4, 0.5) is 0 Å². The maximum Gasteiger partial charge on any atom is 0.0986 e. The highest BCUT2D eigenvalue weighted by Gasteiger charge is 2.11. The predicted octanol–water partition coefficient (Wildman–Crippen LogP) is 2.30. The molecule has 0 N–H and O–H groups in total. The van der Waals surface area contributed by atoms with E-state index in [1.165, 1.54) is 38.2 Å². The molecule has 0 atom stereocenters. The molecule has 1 aliphatic rings. The van der Waals surface area contributed by atoms with Gasteiger partial charge in [0.05, 0.1) is 5.84 Å². The van der Waals surface area contributed by atoms with Crippen LogP contribution in [-0.4, -0.2) is 30.4 Å². The van der Waals surface area contributed by atoms with E-state index in [0.29, 0.717) is 0 Å². The summed E-state index contributed by atoms with van der Waals surface area (Å²) in [5.74, 6) is 1.33. The first-order chi connectivity index (χ1) is 5.88. The first-order valence-corrected chi connectivity index (χ1v) is 5.16. The molecule has 0 aromatic rings. The summed E-state index contributed by atoms with van der Waals surface area (Å²) in [5.41, 5.74) is 0. The summed E-state index contributed by atoms with van der Waals surface area (Å²) >= 11 is 0. The van der Waals surface area contributed by atoms with E-state index in [-0.39, 0.29) is 0 Å². The Balaban J connectivity index is 2.38. The Kier molecular flexibility index (Phi) is 4.12. The lowest BCUT2D eigenvalue weighted by atomic mass is 10.2. The first-order valence-electron chi connectivity index (χ1n) is 5.16. The van der Waals surface area contributed by atoms with E-state index in [9.17, 15) is 0 Å². The molecule has 2 nitrogen and oxygen atoms in total. The molecule has 0 fully saturated rings. The van der Waals surface area contributed by atoms with E-state index >= 15 is 0 Å². The van der Waals surface area contributed by atoms with Crippen LogP contribution in [0, 0.1) is 0 Å². The van der Waals surface area contributed by atoms with Crippen LogP contribution in [0.5, 0.6) is 0 Å². The number of hydrogen-bond donors (Lipinski definition) is 0. The molecule has 0 aromatic heterocycles. The molecule has 0 saturated carbocycles. The highest BCUT2D eigenvalue weighted by Crippen LogP contribution is 2.06. The van der Waals surface area contributed by atoms with Crippen LogP contribution in [0.15, 0.2) is 4.99 Å². The topological polar surface area (TPSA) is 15.6 Å². The lowest BCUT2D eigenvalue weighted by Crippen LogP contribution is -2.35. The van der Waals surface area contributed by atoms with E-state index in [2.05, 4.69) is 23.7 Å². The van der Waals surface area contributed by atoms with Gasteiger partial charge in [-0.05, 0) is 12.8 Å². The van der Waals surface area contributed by atoms with Crippen molar-refractivity contribution < 1.29 is 0 Å². The molecule has 0 saturated heterocycles. The van der Waals surface area contributed by atoms with E-state index < -0.39 is 0 Å². The Morgan fingerprint density at radius 2 is 2.25 bits per heavy atom. The van der Waals surface area contributed by atoms with Crippen molar-refractivity contribution in [2.45, 2.75) is 39.5 Å². The van der Waals surface area contributed by atoms with Crippen molar-refractivity contribution in [2.75, 3.05) is 19.6 Å². The number of nitrogens with zero attached hydrogens (tertiary/aromatic N) is 2. The van der Waals surface area contributed by atoms with Crippen molar-refractivity contribution in [2.24, 2.45) is 4.99 Å². The van der Waals surface area contributed by atoms with E-state index in [4.69, 9.17) is 0 Å². The highest BCUT2D eigenvalue weighted by atomic mass is 15.2. The zero-order valence-corrected chi connectivity index (χ0v) is 8.34. The van der Waals surface area contributed by atoms with Gasteiger partial charge in [0.2, 0.25) is 0 Å². The summed E-state index contributed by atoms with van der Waals surface area (Å²) in [7, 11) is 0. The summed E-state index contributed by atoms with van der Waals surface area (Å²) in [6.07, 6.45) is 4.93. The third kappa shape index (κ3) is 2.50. The van der Waals surface area contributed by atoms with Crippen molar-refractivity contribution in [1.82, 2.24) is 4.90 Å². The minimum atomic E-state index is 1.05. The van der Waals surface area contributed by atoms with Crippen LogP contribution in [0.3, 0.4) is 0 Å². The molecule has 12 heavy (non-hydrogen) atoms. The van der Waals surface area contributed by atoms with Crippen molar-refractivity contribution in [3.8, 4) is 0 Å². The first kappa shape index (κ1) is 9.56. The number of aliphatic imine (C=N–C) groups is 1. The van der Waals surface area contributed by atoms with Crippen LogP contribution in [-0.2, 0) is 0 Å². The molecule has 0 unspecified atom stereocenters. The van der Waals surface area contributed by atoms with Crippen LogP contribution in [0.25, 0.3) is 0 Å². The molecule has 0 radical (unpaired) electrons. The lowest BCUT2D eigenvalue weighted by Gasteiger charge is -2.28.